The Labute approximate surface area is 225 Å². The fraction of sp³-hybridized carbons (Fsp3) is 0.690. The van der Waals surface area contributed by atoms with Crippen molar-refractivity contribution in [3.05, 3.63) is 34.3 Å². The Morgan fingerprint density at radius 2 is 2.00 bits per heavy atom. The molecule has 0 aromatic carbocycles. The summed E-state index contributed by atoms with van der Waals surface area (Å²) in [5, 5.41) is 25.0. The highest BCUT2D eigenvalue weighted by Crippen LogP contribution is 2.45. The minimum Gasteiger partial charge on any atom is -0.458 e. The molecular formula is C29H43NO6S. The van der Waals surface area contributed by atoms with Gasteiger partial charge in [0.2, 0.25) is 0 Å². The maximum absolute atomic E-state index is 13.6. The van der Waals surface area contributed by atoms with E-state index in [-0.39, 0.29) is 29.8 Å². The lowest BCUT2D eigenvalue weighted by Crippen LogP contribution is -2.46. The maximum atomic E-state index is 13.6. The van der Waals surface area contributed by atoms with Crippen LogP contribution in [0.25, 0.3) is 6.08 Å². The Morgan fingerprint density at radius 1 is 1.30 bits per heavy atom. The second-order valence-corrected chi connectivity index (χ2v) is 12.7. The van der Waals surface area contributed by atoms with Crippen molar-refractivity contribution in [3.8, 4) is 0 Å². The van der Waals surface area contributed by atoms with Crippen molar-refractivity contribution in [1.29, 1.82) is 0 Å². The highest BCUT2D eigenvalue weighted by atomic mass is 32.1. The fourth-order valence-electron chi connectivity index (χ4n) is 5.29. The number of fused-ring (bicyclic) bond motifs is 1. The number of aliphatic hydroxyl groups is 2. The first-order valence-corrected chi connectivity index (χ1v) is 14.2. The SMILES string of the molecule is C=CC[C@H]1C(=O)C(C)(C)[C@H](O)CC(=O)O[C@H](/C(C)=C/c2csc(C)n2)C[C@@H]2O[C@]2(C)CCC[C@H](C)[C@@H]1O. The molecule has 7 nitrogen and oxygen atoms in total. The van der Waals surface area contributed by atoms with Crippen LogP contribution < -0.4 is 0 Å². The highest BCUT2D eigenvalue weighted by Gasteiger charge is 2.53. The first kappa shape index (κ1) is 29.7. The fourth-order valence-corrected chi connectivity index (χ4v) is 5.86. The van der Waals surface area contributed by atoms with Gasteiger partial charge >= 0.3 is 5.97 Å². The van der Waals surface area contributed by atoms with Gasteiger partial charge in [0.15, 0.2) is 0 Å². The molecule has 0 spiro atoms. The second kappa shape index (κ2) is 11.9. The number of thiazole rings is 1. The third-order valence-corrected chi connectivity index (χ3v) is 8.96. The number of aromatic nitrogens is 1. The number of hydrogen-bond donors (Lipinski definition) is 2. The molecule has 3 heterocycles. The number of carbonyl (C=O) groups is 2. The van der Waals surface area contributed by atoms with Crippen LogP contribution >= 0.6 is 11.3 Å². The van der Waals surface area contributed by atoms with E-state index in [2.05, 4.69) is 18.5 Å². The lowest BCUT2D eigenvalue weighted by atomic mass is 9.71. The number of Topliss-reactive ketones (excluding diaryl/α,β-unsaturated/α-hetero) is 1. The summed E-state index contributed by atoms with van der Waals surface area (Å²) in [6, 6.07) is 0. The van der Waals surface area contributed by atoms with Gasteiger partial charge in [-0.3, -0.25) is 9.59 Å². The summed E-state index contributed by atoms with van der Waals surface area (Å²) in [5.74, 6) is -1.67. The number of nitrogens with zero attached hydrogens (tertiary/aromatic N) is 1. The number of allylic oxidation sites excluding steroid dienone is 1. The molecule has 2 fully saturated rings. The molecular weight excluding hydrogens is 490 g/mol. The molecule has 0 unspecified atom stereocenters. The Bertz CT molecular complexity index is 1020. The summed E-state index contributed by atoms with van der Waals surface area (Å²) in [5.41, 5.74) is 0.101. The molecule has 3 rings (SSSR count). The highest BCUT2D eigenvalue weighted by molar-refractivity contribution is 7.09. The molecule has 0 amide bonds. The van der Waals surface area contributed by atoms with E-state index in [1.807, 2.05) is 32.2 Å². The number of ketones is 1. The molecule has 206 valence electrons. The predicted molar refractivity (Wildman–Crippen MR) is 145 cm³/mol. The van der Waals surface area contributed by atoms with Gasteiger partial charge in [-0.25, -0.2) is 4.98 Å². The minimum absolute atomic E-state index is 0.0598. The van der Waals surface area contributed by atoms with E-state index in [1.165, 1.54) is 0 Å². The topological polar surface area (TPSA) is 109 Å². The van der Waals surface area contributed by atoms with E-state index in [0.717, 1.165) is 35.5 Å². The zero-order chi connectivity index (χ0) is 27.5. The van der Waals surface area contributed by atoms with Gasteiger partial charge in [0.25, 0.3) is 0 Å². The largest absolute Gasteiger partial charge is 0.458 e. The van der Waals surface area contributed by atoms with Crippen LogP contribution in [0.1, 0.15) is 83.8 Å². The normalized spacial score (nSPS) is 35.9. The standard InChI is InChI=1S/C29H43NO6S/c1-8-10-21-26(33)17(2)11-9-12-29(7)24(36-29)14-22(18(3)13-20-16-37-19(4)30-20)35-25(32)15-23(31)28(5,6)27(21)34/h8,13,16-17,21-24,26,31,33H,1,9-12,14-15H2,2-7H3/b18-13+/t17-,21+,22-,23+,24-,26-,29+/m0/s1. The van der Waals surface area contributed by atoms with Crippen LogP contribution in [0.5, 0.6) is 0 Å². The molecule has 7 atom stereocenters. The first-order valence-electron chi connectivity index (χ1n) is 13.3. The first-order chi connectivity index (χ1) is 17.3. The number of esters is 1. The number of carbonyl (C=O) groups excluding carboxylic acids is 2. The van der Waals surface area contributed by atoms with E-state index in [0.29, 0.717) is 12.8 Å². The Hall–Kier alpha value is -1.87. The summed E-state index contributed by atoms with van der Waals surface area (Å²) in [4.78, 5) is 31.1. The number of cyclic esters (lactones) is 1. The molecule has 37 heavy (non-hydrogen) atoms. The molecule has 8 heteroatoms. The molecule has 0 aliphatic carbocycles. The van der Waals surface area contributed by atoms with Crippen LogP contribution in [-0.4, -0.2) is 57.0 Å². The van der Waals surface area contributed by atoms with Gasteiger partial charge in [-0.2, -0.15) is 0 Å². The van der Waals surface area contributed by atoms with Gasteiger partial charge in [-0.15, -0.1) is 17.9 Å². The number of ether oxygens (including phenoxy) is 2. The van der Waals surface area contributed by atoms with E-state index < -0.39 is 35.6 Å². The predicted octanol–water partition coefficient (Wildman–Crippen LogP) is 5.03. The van der Waals surface area contributed by atoms with Crippen molar-refractivity contribution in [3.63, 3.8) is 0 Å². The number of aliphatic hydroxyl groups excluding tert-OH is 2. The van der Waals surface area contributed by atoms with Crippen molar-refractivity contribution >= 4 is 29.2 Å². The summed E-state index contributed by atoms with van der Waals surface area (Å²) >= 11 is 1.56. The Kier molecular flexibility index (Phi) is 9.54. The van der Waals surface area contributed by atoms with Crippen molar-refractivity contribution in [2.45, 2.75) is 110 Å². The molecule has 1 aromatic rings. The van der Waals surface area contributed by atoms with Crippen LogP contribution in [0.15, 0.2) is 23.6 Å². The van der Waals surface area contributed by atoms with Crippen molar-refractivity contribution in [1.82, 2.24) is 4.98 Å². The lowest BCUT2D eigenvalue weighted by molar-refractivity contribution is -0.154. The molecule has 2 aliphatic rings. The molecule has 1 aromatic heterocycles. The van der Waals surface area contributed by atoms with Gasteiger partial charge in [-0.1, -0.05) is 33.3 Å². The van der Waals surface area contributed by atoms with E-state index in [9.17, 15) is 19.8 Å². The monoisotopic (exact) mass is 533 g/mol. The van der Waals surface area contributed by atoms with E-state index >= 15 is 0 Å². The number of epoxide rings is 1. The van der Waals surface area contributed by atoms with E-state index in [1.54, 1.807) is 31.3 Å². The zero-order valence-electron chi connectivity index (χ0n) is 23.0. The number of hydrogen-bond acceptors (Lipinski definition) is 8. The van der Waals surface area contributed by atoms with E-state index in [4.69, 9.17) is 9.47 Å². The van der Waals surface area contributed by atoms with Crippen LogP contribution in [-0.2, 0) is 19.1 Å². The quantitative estimate of drug-likeness (QED) is 0.317. The Morgan fingerprint density at radius 3 is 2.62 bits per heavy atom. The third kappa shape index (κ3) is 7.16. The van der Waals surface area contributed by atoms with Crippen LogP contribution in [0, 0.1) is 24.2 Å². The molecule has 2 N–H and O–H groups in total. The molecule has 2 aliphatic heterocycles. The van der Waals surface area contributed by atoms with Crippen LogP contribution in [0.2, 0.25) is 0 Å². The van der Waals surface area contributed by atoms with Gasteiger partial charge in [0.1, 0.15) is 11.9 Å². The number of rotatable bonds is 4. The Balaban J connectivity index is 1.88. The average Bonchev–Trinajstić information content (AvgIpc) is 3.27. The summed E-state index contributed by atoms with van der Waals surface area (Å²) < 4.78 is 12.0. The van der Waals surface area contributed by atoms with Crippen molar-refractivity contribution in [2.24, 2.45) is 17.3 Å². The summed E-state index contributed by atoms with van der Waals surface area (Å²) in [6.45, 7) is 14.9. The third-order valence-electron chi connectivity index (χ3n) is 8.17. The van der Waals surface area contributed by atoms with Gasteiger partial charge < -0.3 is 19.7 Å². The molecule has 2 saturated heterocycles. The van der Waals surface area contributed by atoms with Gasteiger partial charge in [0, 0.05) is 17.7 Å². The summed E-state index contributed by atoms with van der Waals surface area (Å²) in [7, 11) is 0. The smallest absolute Gasteiger partial charge is 0.309 e. The maximum Gasteiger partial charge on any atom is 0.309 e. The molecule has 0 saturated carbocycles. The number of aryl methyl sites for hydroxylation is 1. The van der Waals surface area contributed by atoms with Crippen molar-refractivity contribution in [2.75, 3.05) is 0 Å². The average molecular weight is 534 g/mol. The molecule has 0 radical (unpaired) electrons. The summed E-state index contributed by atoms with van der Waals surface area (Å²) in [6.07, 6.45) is 3.71. The van der Waals surface area contributed by atoms with Crippen LogP contribution in [0.4, 0.5) is 0 Å². The zero-order valence-corrected chi connectivity index (χ0v) is 23.8. The molecule has 0 bridgehead atoms. The van der Waals surface area contributed by atoms with Gasteiger partial charge in [0.05, 0.1) is 46.5 Å². The minimum atomic E-state index is -1.26. The second-order valence-electron chi connectivity index (χ2n) is 11.6. The lowest BCUT2D eigenvalue weighted by Gasteiger charge is -2.35. The van der Waals surface area contributed by atoms with Crippen LogP contribution in [0.3, 0.4) is 0 Å². The van der Waals surface area contributed by atoms with Gasteiger partial charge in [-0.05, 0) is 57.6 Å². The van der Waals surface area contributed by atoms with Crippen molar-refractivity contribution < 1.29 is 29.3 Å².